The minimum absolute atomic E-state index is 0.456. The van der Waals surface area contributed by atoms with Gasteiger partial charge in [0.2, 0.25) is 0 Å². The molecular formula is C14H23N3OS. The van der Waals surface area contributed by atoms with Crippen molar-refractivity contribution in [3.8, 4) is 0 Å². The Bertz CT molecular complexity index is 397. The predicted molar refractivity (Wildman–Crippen MR) is 78.8 cm³/mol. The third-order valence-corrected chi connectivity index (χ3v) is 4.75. The first-order valence-electron chi connectivity index (χ1n) is 7.39. The molecule has 0 bridgehead atoms. The normalized spacial score (nSPS) is 21.0. The summed E-state index contributed by atoms with van der Waals surface area (Å²) in [4.78, 5) is 7.15. The van der Waals surface area contributed by atoms with Gasteiger partial charge in [-0.25, -0.2) is 4.98 Å². The monoisotopic (exact) mass is 281 g/mol. The minimum atomic E-state index is 0.456. The van der Waals surface area contributed by atoms with Crippen LogP contribution in [0, 0.1) is 0 Å². The number of ether oxygens (including phenoxy) is 1. The van der Waals surface area contributed by atoms with Gasteiger partial charge in [-0.3, -0.25) is 0 Å². The van der Waals surface area contributed by atoms with E-state index in [1.807, 2.05) is 0 Å². The van der Waals surface area contributed by atoms with Gasteiger partial charge in [0.1, 0.15) is 0 Å². The molecule has 2 heterocycles. The summed E-state index contributed by atoms with van der Waals surface area (Å²) in [5.41, 5.74) is 1.19. The molecule has 1 saturated carbocycles. The van der Waals surface area contributed by atoms with Crippen molar-refractivity contribution < 1.29 is 4.74 Å². The first kappa shape index (κ1) is 13.3. The molecule has 1 aromatic rings. The number of hydrogen-bond acceptors (Lipinski definition) is 5. The maximum Gasteiger partial charge on any atom is 0.185 e. The number of rotatable bonds is 6. The molecule has 106 valence electrons. The van der Waals surface area contributed by atoms with Gasteiger partial charge in [0.15, 0.2) is 5.13 Å². The van der Waals surface area contributed by atoms with Gasteiger partial charge < -0.3 is 15.0 Å². The molecule has 3 rings (SSSR count). The summed E-state index contributed by atoms with van der Waals surface area (Å²) >= 11 is 1.78. The minimum Gasteiger partial charge on any atom is -0.378 e. The number of nitrogens with one attached hydrogen (secondary N) is 1. The molecule has 1 saturated heterocycles. The zero-order valence-corrected chi connectivity index (χ0v) is 12.4. The Kier molecular flexibility index (Phi) is 4.35. The second-order valence-electron chi connectivity index (χ2n) is 5.42. The Labute approximate surface area is 119 Å². The van der Waals surface area contributed by atoms with E-state index in [1.54, 1.807) is 11.3 Å². The van der Waals surface area contributed by atoms with Crippen molar-refractivity contribution in [1.82, 2.24) is 10.3 Å². The van der Waals surface area contributed by atoms with Crippen LogP contribution in [0.1, 0.15) is 38.3 Å². The second-order valence-corrected chi connectivity index (χ2v) is 6.25. The fourth-order valence-corrected chi connectivity index (χ4v) is 3.39. The second kappa shape index (κ2) is 6.20. The summed E-state index contributed by atoms with van der Waals surface area (Å²) in [6.45, 7) is 5.99. The lowest BCUT2D eigenvalue weighted by atomic mass is 10.1. The van der Waals surface area contributed by atoms with Crippen LogP contribution in [0.2, 0.25) is 0 Å². The topological polar surface area (TPSA) is 37.4 Å². The van der Waals surface area contributed by atoms with E-state index in [0.29, 0.717) is 6.10 Å². The van der Waals surface area contributed by atoms with Crippen molar-refractivity contribution >= 4 is 16.5 Å². The third kappa shape index (κ3) is 3.68. The first-order chi connectivity index (χ1) is 9.35. The number of nitrogens with zero attached hydrogens (tertiary/aromatic N) is 2. The standard InChI is InChI=1S/C14H23N3OS/c1-2-18-13-5-7-17(8-6-13)14-16-12(10-19-14)9-15-11-3-4-11/h10-11,13,15H,2-9H2,1H3. The summed E-state index contributed by atoms with van der Waals surface area (Å²) in [6.07, 6.45) is 5.38. The molecule has 5 heteroatoms. The van der Waals surface area contributed by atoms with E-state index in [-0.39, 0.29) is 0 Å². The molecule has 2 fully saturated rings. The summed E-state index contributed by atoms with van der Waals surface area (Å²) in [5.74, 6) is 0. The van der Waals surface area contributed by atoms with Gasteiger partial charge in [-0.1, -0.05) is 0 Å². The molecule has 1 aromatic heterocycles. The largest absolute Gasteiger partial charge is 0.378 e. The Morgan fingerprint density at radius 1 is 1.37 bits per heavy atom. The SMILES string of the molecule is CCOC1CCN(c2nc(CNC3CC3)cs2)CC1. The van der Waals surface area contributed by atoms with Crippen LogP contribution in [0.4, 0.5) is 5.13 Å². The van der Waals surface area contributed by atoms with Crippen molar-refractivity contribution in [2.24, 2.45) is 0 Å². The van der Waals surface area contributed by atoms with Gasteiger partial charge in [0.05, 0.1) is 11.8 Å². The van der Waals surface area contributed by atoms with Crippen molar-refractivity contribution in [2.75, 3.05) is 24.6 Å². The lowest BCUT2D eigenvalue weighted by Gasteiger charge is -2.31. The average Bonchev–Trinajstić information content (AvgIpc) is 3.15. The van der Waals surface area contributed by atoms with Gasteiger partial charge >= 0.3 is 0 Å². The van der Waals surface area contributed by atoms with E-state index in [1.165, 1.54) is 23.7 Å². The van der Waals surface area contributed by atoms with Crippen molar-refractivity contribution in [3.05, 3.63) is 11.1 Å². The molecule has 0 spiro atoms. The number of hydrogen-bond donors (Lipinski definition) is 1. The molecule has 1 aliphatic heterocycles. The van der Waals surface area contributed by atoms with Crippen LogP contribution in [0.5, 0.6) is 0 Å². The van der Waals surface area contributed by atoms with Crippen LogP contribution < -0.4 is 10.2 Å². The van der Waals surface area contributed by atoms with E-state index in [2.05, 4.69) is 22.5 Å². The quantitative estimate of drug-likeness (QED) is 0.869. The van der Waals surface area contributed by atoms with Crippen LogP contribution in [-0.2, 0) is 11.3 Å². The molecule has 19 heavy (non-hydrogen) atoms. The third-order valence-electron chi connectivity index (χ3n) is 3.80. The smallest absolute Gasteiger partial charge is 0.185 e. The van der Waals surface area contributed by atoms with E-state index >= 15 is 0 Å². The molecule has 4 nitrogen and oxygen atoms in total. The maximum absolute atomic E-state index is 5.69. The molecule has 0 aromatic carbocycles. The lowest BCUT2D eigenvalue weighted by molar-refractivity contribution is 0.0459. The zero-order chi connectivity index (χ0) is 13.1. The maximum atomic E-state index is 5.69. The zero-order valence-electron chi connectivity index (χ0n) is 11.6. The van der Waals surface area contributed by atoms with Gasteiger partial charge in [-0.15, -0.1) is 11.3 Å². The highest BCUT2D eigenvalue weighted by atomic mass is 32.1. The van der Waals surface area contributed by atoms with Crippen LogP contribution in [0.25, 0.3) is 0 Å². The van der Waals surface area contributed by atoms with Gasteiger partial charge in [-0.05, 0) is 32.6 Å². The molecular weight excluding hydrogens is 258 g/mol. The molecule has 1 N–H and O–H groups in total. The number of anilines is 1. The molecule has 0 unspecified atom stereocenters. The highest BCUT2D eigenvalue weighted by Gasteiger charge is 2.22. The lowest BCUT2D eigenvalue weighted by Crippen LogP contribution is -2.37. The molecule has 1 aliphatic carbocycles. The van der Waals surface area contributed by atoms with Crippen LogP contribution >= 0.6 is 11.3 Å². The summed E-state index contributed by atoms with van der Waals surface area (Å²) in [5, 5.41) is 6.90. The molecule has 2 aliphatic rings. The molecule has 0 atom stereocenters. The average molecular weight is 281 g/mol. The Balaban J connectivity index is 1.48. The summed E-state index contributed by atoms with van der Waals surface area (Å²) in [6, 6.07) is 0.757. The predicted octanol–water partition coefficient (Wildman–Crippen LogP) is 2.40. The van der Waals surface area contributed by atoms with Crippen molar-refractivity contribution in [2.45, 2.75) is 51.3 Å². The highest BCUT2D eigenvalue weighted by Crippen LogP contribution is 2.26. The van der Waals surface area contributed by atoms with Crippen molar-refractivity contribution in [3.63, 3.8) is 0 Å². The molecule has 0 radical (unpaired) electrons. The van der Waals surface area contributed by atoms with E-state index in [4.69, 9.17) is 9.72 Å². The number of thiazole rings is 1. The molecule has 0 amide bonds. The van der Waals surface area contributed by atoms with E-state index in [9.17, 15) is 0 Å². The van der Waals surface area contributed by atoms with Crippen LogP contribution in [0.3, 0.4) is 0 Å². The summed E-state index contributed by atoms with van der Waals surface area (Å²) < 4.78 is 5.69. The fraction of sp³-hybridized carbons (Fsp3) is 0.786. The Morgan fingerprint density at radius 2 is 2.16 bits per heavy atom. The number of aromatic nitrogens is 1. The first-order valence-corrected chi connectivity index (χ1v) is 8.27. The Morgan fingerprint density at radius 3 is 2.84 bits per heavy atom. The van der Waals surface area contributed by atoms with Gasteiger partial charge in [-0.2, -0.15) is 0 Å². The van der Waals surface area contributed by atoms with Crippen LogP contribution in [-0.4, -0.2) is 36.8 Å². The van der Waals surface area contributed by atoms with Crippen molar-refractivity contribution in [1.29, 1.82) is 0 Å². The van der Waals surface area contributed by atoms with E-state index in [0.717, 1.165) is 45.1 Å². The Hall–Kier alpha value is -0.650. The number of piperidine rings is 1. The van der Waals surface area contributed by atoms with Gasteiger partial charge in [0, 0.05) is 37.7 Å². The fourth-order valence-electron chi connectivity index (χ4n) is 2.51. The van der Waals surface area contributed by atoms with E-state index < -0.39 is 0 Å². The van der Waals surface area contributed by atoms with Gasteiger partial charge in [0.25, 0.3) is 0 Å². The summed E-state index contributed by atoms with van der Waals surface area (Å²) in [7, 11) is 0. The highest BCUT2D eigenvalue weighted by molar-refractivity contribution is 7.13. The van der Waals surface area contributed by atoms with Crippen LogP contribution in [0.15, 0.2) is 5.38 Å².